The van der Waals surface area contributed by atoms with Crippen LogP contribution in [0.15, 0.2) is 46.9 Å². The van der Waals surface area contributed by atoms with E-state index in [2.05, 4.69) is 10.1 Å². The first kappa shape index (κ1) is 18.8. The van der Waals surface area contributed by atoms with Gasteiger partial charge in [-0.2, -0.15) is 5.10 Å². The molecule has 0 saturated carbocycles. The summed E-state index contributed by atoms with van der Waals surface area (Å²) in [4.78, 5) is 29.4. The molecular formula is C19H17N5O4S. The van der Waals surface area contributed by atoms with Gasteiger partial charge < -0.3 is 4.42 Å². The Hall–Kier alpha value is -3.53. The Balaban J connectivity index is 1.68. The summed E-state index contributed by atoms with van der Waals surface area (Å²) < 4.78 is 7.88. The summed E-state index contributed by atoms with van der Waals surface area (Å²) in [6.07, 6.45) is 0. The maximum absolute atomic E-state index is 13.1. The van der Waals surface area contributed by atoms with Crippen LogP contribution >= 0.6 is 11.3 Å². The number of amides is 1. The number of aryl methyl sites for hydroxylation is 2. The standard InChI is InChI=1S/C19H17N5O4S/c1-12-11-13(2)23(21-12)10-9-22(18(25)15-7-8-17(28-15)24(26)27)19-20-14-5-3-4-6-16(14)29-19/h3-8,11H,9-10H2,1-2H3. The minimum Gasteiger partial charge on any atom is -0.395 e. The number of benzene rings is 1. The summed E-state index contributed by atoms with van der Waals surface area (Å²) in [5.74, 6) is -1.07. The normalized spacial score (nSPS) is 11.1. The van der Waals surface area contributed by atoms with Crippen LogP contribution in [-0.2, 0) is 6.54 Å². The molecule has 3 heterocycles. The number of rotatable bonds is 6. The Kier molecular flexibility index (Phi) is 4.85. The molecule has 9 nitrogen and oxygen atoms in total. The van der Waals surface area contributed by atoms with Crippen molar-refractivity contribution >= 4 is 38.5 Å². The number of thiazole rings is 1. The number of hydrogen-bond donors (Lipinski definition) is 0. The van der Waals surface area contributed by atoms with Gasteiger partial charge in [-0.15, -0.1) is 0 Å². The van der Waals surface area contributed by atoms with Crippen LogP contribution < -0.4 is 4.90 Å². The van der Waals surface area contributed by atoms with Crippen LogP contribution in [0.4, 0.5) is 11.0 Å². The van der Waals surface area contributed by atoms with E-state index in [0.29, 0.717) is 11.7 Å². The summed E-state index contributed by atoms with van der Waals surface area (Å²) >= 11 is 1.37. The number of carbonyl (C=O) groups excluding carboxylic acids is 1. The van der Waals surface area contributed by atoms with Crippen molar-refractivity contribution in [1.29, 1.82) is 0 Å². The molecule has 0 atom stereocenters. The molecule has 0 N–H and O–H groups in total. The fourth-order valence-electron chi connectivity index (χ4n) is 3.03. The van der Waals surface area contributed by atoms with Crippen molar-refractivity contribution in [3.63, 3.8) is 0 Å². The Bertz CT molecular complexity index is 1180. The SMILES string of the molecule is Cc1cc(C)n(CCN(C(=O)c2ccc([N+](=O)[O-])o2)c2nc3ccccc3s2)n1. The zero-order chi connectivity index (χ0) is 20.5. The first-order valence-electron chi connectivity index (χ1n) is 8.85. The van der Waals surface area contributed by atoms with Crippen LogP contribution in [0.5, 0.6) is 0 Å². The number of nitro groups is 1. The fraction of sp³-hybridized carbons (Fsp3) is 0.211. The zero-order valence-corrected chi connectivity index (χ0v) is 16.5. The summed E-state index contributed by atoms with van der Waals surface area (Å²) in [6.45, 7) is 4.58. The van der Waals surface area contributed by atoms with Gasteiger partial charge in [0.2, 0.25) is 0 Å². The molecule has 0 aliphatic rings. The van der Waals surface area contributed by atoms with Crippen LogP contribution in [0.1, 0.15) is 21.9 Å². The molecule has 0 unspecified atom stereocenters. The molecule has 4 aromatic rings. The van der Waals surface area contributed by atoms with Crippen molar-refractivity contribution in [2.45, 2.75) is 20.4 Å². The molecule has 0 saturated heterocycles. The number of fused-ring (bicyclic) bond motifs is 1. The van der Waals surface area contributed by atoms with E-state index in [9.17, 15) is 14.9 Å². The van der Waals surface area contributed by atoms with E-state index >= 15 is 0 Å². The average molecular weight is 411 g/mol. The van der Waals surface area contributed by atoms with E-state index in [1.165, 1.54) is 28.4 Å². The van der Waals surface area contributed by atoms with Gasteiger partial charge in [0.1, 0.15) is 4.92 Å². The van der Waals surface area contributed by atoms with E-state index in [4.69, 9.17) is 4.42 Å². The Morgan fingerprint density at radius 1 is 1.28 bits per heavy atom. The molecule has 0 fully saturated rings. The maximum Gasteiger partial charge on any atom is 0.433 e. The summed E-state index contributed by atoms with van der Waals surface area (Å²) in [6, 6.07) is 12.0. The second-order valence-electron chi connectivity index (χ2n) is 6.47. The van der Waals surface area contributed by atoms with Crippen molar-refractivity contribution in [2.24, 2.45) is 0 Å². The molecule has 3 aromatic heterocycles. The van der Waals surface area contributed by atoms with Gasteiger partial charge in [-0.3, -0.25) is 24.5 Å². The second-order valence-corrected chi connectivity index (χ2v) is 7.48. The molecule has 148 valence electrons. The Morgan fingerprint density at radius 2 is 2.07 bits per heavy atom. The topological polar surface area (TPSA) is 107 Å². The van der Waals surface area contributed by atoms with E-state index in [1.54, 1.807) is 0 Å². The highest BCUT2D eigenvalue weighted by Crippen LogP contribution is 2.30. The highest BCUT2D eigenvalue weighted by molar-refractivity contribution is 7.22. The number of carbonyl (C=O) groups is 1. The minimum absolute atomic E-state index is 0.107. The third-order valence-corrected chi connectivity index (χ3v) is 5.44. The van der Waals surface area contributed by atoms with E-state index in [0.717, 1.165) is 21.6 Å². The van der Waals surface area contributed by atoms with Crippen LogP contribution in [0.25, 0.3) is 10.2 Å². The maximum atomic E-state index is 13.1. The lowest BCUT2D eigenvalue weighted by Gasteiger charge is -2.19. The highest BCUT2D eigenvalue weighted by atomic mass is 32.1. The van der Waals surface area contributed by atoms with Gasteiger partial charge in [-0.1, -0.05) is 23.5 Å². The molecule has 0 bridgehead atoms. The third-order valence-electron chi connectivity index (χ3n) is 4.38. The number of anilines is 1. The van der Waals surface area contributed by atoms with Gasteiger partial charge in [-0.25, -0.2) is 4.98 Å². The fourth-order valence-corrected chi connectivity index (χ4v) is 4.02. The second kappa shape index (κ2) is 7.47. The molecule has 1 amide bonds. The Labute approximate surface area is 169 Å². The lowest BCUT2D eigenvalue weighted by Crippen LogP contribution is -2.34. The first-order chi connectivity index (χ1) is 13.9. The first-order valence-corrected chi connectivity index (χ1v) is 9.67. The predicted octanol–water partition coefficient (Wildman–Crippen LogP) is 3.96. The number of para-hydroxylation sites is 1. The quantitative estimate of drug-likeness (QED) is 0.351. The minimum atomic E-state index is -0.672. The zero-order valence-electron chi connectivity index (χ0n) is 15.7. The molecule has 4 rings (SSSR count). The van der Waals surface area contributed by atoms with Gasteiger partial charge >= 0.3 is 5.88 Å². The predicted molar refractivity (Wildman–Crippen MR) is 108 cm³/mol. The largest absolute Gasteiger partial charge is 0.433 e. The van der Waals surface area contributed by atoms with Crippen molar-refractivity contribution < 1.29 is 14.1 Å². The molecule has 0 radical (unpaired) electrons. The van der Waals surface area contributed by atoms with E-state index in [1.807, 2.05) is 48.9 Å². The summed E-state index contributed by atoms with van der Waals surface area (Å²) in [5.41, 5.74) is 2.65. The van der Waals surface area contributed by atoms with Gasteiger partial charge in [-0.05, 0) is 38.1 Å². The third kappa shape index (κ3) is 3.74. The van der Waals surface area contributed by atoms with Gasteiger partial charge in [0.15, 0.2) is 10.9 Å². The lowest BCUT2D eigenvalue weighted by atomic mass is 10.3. The number of hydrogen-bond acceptors (Lipinski definition) is 7. The van der Waals surface area contributed by atoms with Gasteiger partial charge in [0.25, 0.3) is 5.91 Å². The van der Waals surface area contributed by atoms with Crippen molar-refractivity contribution in [3.05, 3.63) is 69.7 Å². The monoisotopic (exact) mass is 411 g/mol. The molecule has 0 aliphatic heterocycles. The summed E-state index contributed by atoms with van der Waals surface area (Å²) in [5, 5.41) is 15.8. The number of nitrogens with zero attached hydrogens (tertiary/aromatic N) is 5. The van der Waals surface area contributed by atoms with Crippen molar-refractivity contribution in [3.8, 4) is 0 Å². The van der Waals surface area contributed by atoms with Gasteiger partial charge in [0, 0.05) is 12.2 Å². The molecule has 0 spiro atoms. The van der Waals surface area contributed by atoms with Crippen molar-refractivity contribution in [2.75, 3.05) is 11.4 Å². The van der Waals surface area contributed by atoms with E-state index < -0.39 is 16.7 Å². The molecule has 10 heteroatoms. The molecule has 29 heavy (non-hydrogen) atoms. The van der Waals surface area contributed by atoms with Crippen LogP contribution in [0, 0.1) is 24.0 Å². The molecular weight excluding hydrogens is 394 g/mol. The van der Waals surface area contributed by atoms with E-state index in [-0.39, 0.29) is 12.3 Å². The van der Waals surface area contributed by atoms with Crippen molar-refractivity contribution in [1.82, 2.24) is 14.8 Å². The van der Waals surface area contributed by atoms with Crippen LogP contribution in [0.3, 0.4) is 0 Å². The lowest BCUT2D eigenvalue weighted by molar-refractivity contribution is -0.402. The number of furan rings is 1. The van der Waals surface area contributed by atoms with Gasteiger partial charge in [0.05, 0.1) is 28.5 Å². The van der Waals surface area contributed by atoms with Crippen LogP contribution in [0.2, 0.25) is 0 Å². The molecule has 0 aliphatic carbocycles. The summed E-state index contributed by atoms with van der Waals surface area (Å²) in [7, 11) is 0. The molecule has 1 aromatic carbocycles. The smallest absolute Gasteiger partial charge is 0.395 e. The Morgan fingerprint density at radius 3 is 2.72 bits per heavy atom. The van der Waals surface area contributed by atoms with Crippen LogP contribution in [-0.4, -0.2) is 32.1 Å². The average Bonchev–Trinajstić information content (AvgIpc) is 3.40. The highest BCUT2D eigenvalue weighted by Gasteiger charge is 2.26. The number of aromatic nitrogens is 3.